The third kappa shape index (κ3) is 2.65. The standard InChI is InChI=1S/C13H14FN3/c1-2-15-13(10-7-8-16-17-9-10)11-5-3-4-6-12(11)14/h3-9,13,15H,2H2,1H3. The van der Waals surface area contributed by atoms with Crippen molar-refractivity contribution in [3.8, 4) is 0 Å². The molecule has 0 aliphatic carbocycles. The van der Waals surface area contributed by atoms with Crippen LogP contribution in [0.2, 0.25) is 0 Å². The average Bonchev–Trinajstić information content (AvgIpc) is 2.38. The summed E-state index contributed by atoms with van der Waals surface area (Å²) in [6.45, 7) is 2.74. The molecule has 0 spiro atoms. The van der Waals surface area contributed by atoms with Crippen LogP contribution in [0.5, 0.6) is 0 Å². The van der Waals surface area contributed by atoms with Crippen molar-refractivity contribution < 1.29 is 4.39 Å². The molecule has 0 aliphatic heterocycles. The molecule has 0 aliphatic rings. The van der Waals surface area contributed by atoms with Crippen molar-refractivity contribution in [3.05, 3.63) is 59.7 Å². The average molecular weight is 231 g/mol. The minimum Gasteiger partial charge on any atom is -0.306 e. The SMILES string of the molecule is CCNC(c1ccnnc1)c1ccccc1F. The van der Waals surface area contributed by atoms with Crippen LogP contribution >= 0.6 is 0 Å². The highest BCUT2D eigenvalue weighted by Gasteiger charge is 2.16. The van der Waals surface area contributed by atoms with Crippen molar-refractivity contribution in [2.45, 2.75) is 13.0 Å². The molecule has 4 heteroatoms. The molecule has 2 rings (SSSR count). The summed E-state index contributed by atoms with van der Waals surface area (Å²) >= 11 is 0. The molecule has 0 saturated heterocycles. The first-order chi connectivity index (χ1) is 8.33. The van der Waals surface area contributed by atoms with E-state index in [1.54, 1.807) is 24.5 Å². The van der Waals surface area contributed by atoms with Gasteiger partial charge in [-0.25, -0.2) is 4.39 Å². The Morgan fingerprint density at radius 2 is 2.06 bits per heavy atom. The molecular formula is C13H14FN3. The molecule has 0 amide bonds. The Bertz CT molecular complexity index is 473. The number of nitrogens with one attached hydrogen (secondary N) is 1. The van der Waals surface area contributed by atoms with Crippen molar-refractivity contribution in [2.75, 3.05) is 6.54 Å². The number of aromatic nitrogens is 2. The van der Waals surface area contributed by atoms with E-state index in [-0.39, 0.29) is 11.9 Å². The zero-order valence-electron chi connectivity index (χ0n) is 9.60. The first kappa shape index (κ1) is 11.7. The van der Waals surface area contributed by atoms with E-state index in [0.29, 0.717) is 5.56 Å². The lowest BCUT2D eigenvalue weighted by atomic mass is 10.00. The molecule has 3 nitrogen and oxygen atoms in total. The molecule has 1 aromatic heterocycles. The summed E-state index contributed by atoms with van der Waals surface area (Å²) < 4.78 is 13.8. The zero-order chi connectivity index (χ0) is 12.1. The highest BCUT2D eigenvalue weighted by molar-refractivity contribution is 5.30. The molecule has 1 heterocycles. The molecule has 1 aromatic carbocycles. The van der Waals surface area contributed by atoms with E-state index in [4.69, 9.17) is 0 Å². The lowest BCUT2D eigenvalue weighted by Crippen LogP contribution is -2.23. The number of hydrogen-bond acceptors (Lipinski definition) is 3. The molecule has 0 bridgehead atoms. The summed E-state index contributed by atoms with van der Waals surface area (Å²) in [5, 5.41) is 10.8. The monoisotopic (exact) mass is 231 g/mol. The Balaban J connectivity index is 2.39. The predicted molar refractivity (Wildman–Crippen MR) is 64.0 cm³/mol. The number of benzene rings is 1. The van der Waals surface area contributed by atoms with E-state index in [1.165, 1.54) is 6.07 Å². The van der Waals surface area contributed by atoms with Crippen LogP contribution in [-0.4, -0.2) is 16.7 Å². The van der Waals surface area contributed by atoms with Gasteiger partial charge in [-0.05, 0) is 24.2 Å². The van der Waals surface area contributed by atoms with E-state index in [0.717, 1.165) is 12.1 Å². The largest absolute Gasteiger partial charge is 0.306 e. The normalized spacial score (nSPS) is 12.4. The second kappa shape index (κ2) is 5.50. The van der Waals surface area contributed by atoms with Crippen LogP contribution in [0.1, 0.15) is 24.1 Å². The second-order valence-corrected chi connectivity index (χ2v) is 3.69. The summed E-state index contributed by atoms with van der Waals surface area (Å²) in [4.78, 5) is 0. The predicted octanol–water partition coefficient (Wildman–Crippen LogP) is 2.31. The summed E-state index contributed by atoms with van der Waals surface area (Å²) in [6.07, 6.45) is 3.26. The Kier molecular flexibility index (Phi) is 3.77. The smallest absolute Gasteiger partial charge is 0.128 e. The fraction of sp³-hybridized carbons (Fsp3) is 0.231. The molecule has 1 atom stereocenters. The highest BCUT2D eigenvalue weighted by Crippen LogP contribution is 2.23. The van der Waals surface area contributed by atoms with E-state index >= 15 is 0 Å². The van der Waals surface area contributed by atoms with Crippen LogP contribution in [0.4, 0.5) is 4.39 Å². The first-order valence-electron chi connectivity index (χ1n) is 5.57. The van der Waals surface area contributed by atoms with Gasteiger partial charge in [-0.1, -0.05) is 25.1 Å². The van der Waals surface area contributed by atoms with Gasteiger partial charge < -0.3 is 5.32 Å². The molecule has 2 aromatic rings. The van der Waals surface area contributed by atoms with E-state index in [2.05, 4.69) is 15.5 Å². The van der Waals surface area contributed by atoms with Gasteiger partial charge in [-0.3, -0.25) is 0 Å². The minimum absolute atomic E-state index is 0.184. The van der Waals surface area contributed by atoms with Crippen molar-refractivity contribution >= 4 is 0 Å². The van der Waals surface area contributed by atoms with Gasteiger partial charge >= 0.3 is 0 Å². The Morgan fingerprint density at radius 1 is 1.24 bits per heavy atom. The number of halogens is 1. The van der Waals surface area contributed by atoms with Crippen LogP contribution in [0.25, 0.3) is 0 Å². The number of rotatable bonds is 4. The number of nitrogens with zero attached hydrogens (tertiary/aromatic N) is 2. The van der Waals surface area contributed by atoms with E-state index < -0.39 is 0 Å². The van der Waals surface area contributed by atoms with Crippen LogP contribution in [0, 0.1) is 5.82 Å². The third-order valence-corrected chi connectivity index (χ3v) is 2.56. The molecule has 0 radical (unpaired) electrons. The zero-order valence-corrected chi connectivity index (χ0v) is 9.60. The fourth-order valence-corrected chi connectivity index (χ4v) is 1.79. The Hall–Kier alpha value is -1.81. The topological polar surface area (TPSA) is 37.8 Å². The van der Waals surface area contributed by atoms with Crippen LogP contribution in [0.3, 0.4) is 0 Å². The molecule has 0 saturated carbocycles. The molecule has 1 N–H and O–H groups in total. The van der Waals surface area contributed by atoms with Crippen molar-refractivity contribution in [1.29, 1.82) is 0 Å². The maximum Gasteiger partial charge on any atom is 0.128 e. The van der Waals surface area contributed by atoms with E-state index in [1.807, 2.05) is 19.1 Å². The van der Waals surface area contributed by atoms with Crippen LogP contribution in [-0.2, 0) is 0 Å². The van der Waals surface area contributed by atoms with E-state index in [9.17, 15) is 4.39 Å². The molecular weight excluding hydrogens is 217 g/mol. The van der Waals surface area contributed by atoms with Crippen molar-refractivity contribution in [1.82, 2.24) is 15.5 Å². The summed E-state index contributed by atoms with van der Waals surface area (Å²) in [7, 11) is 0. The summed E-state index contributed by atoms with van der Waals surface area (Å²) in [5.74, 6) is -0.213. The maximum absolute atomic E-state index is 13.8. The lowest BCUT2D eigenvalue weighted by molar-refractivity contribution is 0.557. The van der Waals surface area contributed by atoms with Gasteiger partial charge in [-0.15, -0.1) is 0 Å². The molecule has 0 fully saturated rings. The molecule has 17 heavy (non-hydrogen) atoms. The minimum atomic E-state index is -0.213. The highest BCUT2D eigenvalue weighted by atomic mass is 19.1. The lowest BCUT2D eigenvalue weighted by Gasteiger charge is -2.18. The number of hydrogen-bond donors (Lipinski definition) is 1. The Morgan fingerprint density at radius 3 is 2.71 bits per heavy atom. The van der Waals surface area contributed by atoms with Crippen molar-refractivity contribution in [3.63, 3.8) is 0 Å². The quantitative estimate of drug-likeness (QED) is 0.877. The summed E-state index contributed by atoms with van der Waals surface area (Å²) in [6, 6.07) is 8.42. The van der Waals surface area contributed by atoms with Crippen LogP contribution in [0.15, 0.2) is 42.7 Å². The van der Waals surface area contributed by atoms with Gasteiger partial charge in [0, 0.05) is 11.8 Å². The van der Waals surface area contributed by atoms with Gasteiger partial charge in [0.25, 0.3) is 0 Å². The molecule has 88 valence electrons. The van der Waals surface area contributed by atoms with Gasteiger partial charge in [-0.2, -0.15) is 10.2 Å². The first-order valence-corrected chi connectivity index (χ1v) is 5.57. The van der Waals surface area contributed by atoms with Gasteiger partial charge in [0.15, 0.2) is 0 Å². The third-order valence-electron chi connectivity index (χ3n) is 2.56. The maximum atomic E-state index is 13.8. The second-order valence-electron chi connectivity index (χ2n) is 3.69. The Labute approximate surface area is 99.7 Å². The summed E-state index contributed by atoms with van der Waals surface area (Å²) in [5.41, 5.74) is 1.54. The van der Waals surface area contributed by atoms with Crippen LogP contribution < -0.4 is 5.32 Å². The molecule has 1 unspecified atom stereocenters. The van der Waals surface area contributed by atoms with Gasteiger partial charge in [0.1, 0.15) is 5.82 Å². The van der Waals surface area contributed by atoms with Gasteiger partial charge in [0.2, 0.25) is 0 Å². The fourth-order valence-electron chi connectivity index (χ4n) is 1.79. The van der Waals surface area contributed by atoms with Gasteiger partial charge in [0.05, 0.1) is 12.2 Å². The van der Waals surface area contributed by atoms with Crippen molar-refractivity contribution in [2.24, 2.45) is 0 Å².